The molecule has 1 saturated heterocycles. The van der Waals surface area contributed by atoms with Crippen molar-refractivity contribution in [3.63, 3.8) is 0 Å². The van der Waals surface area contributed by atoms with Gasteiger partial charge in [-0.1, -0.05) is 6.07 Å². The predicted octanol–water partition coefficient (Wildman–Crippen LogP) is 3.04. The summed E-state index contributed by atoms with van der Waals surface area (Å²) in [5.41, 5.74) is 1.39. The number of piperidine rings is 1. The van der Waals surface area contributed by atoms with E-state index in [2.05, 4.69) is 25.5 Å². The van der Waals surface area contributed by atoms with Crippen LogP contribution in [-0.2, 0) is 6.42 Å². The number of anilines is 1. The number of guanidine groups is 1. The molecule has 1 fully saturated rings. The van der Waals surface area contributed by atoms with Crippen molar-refractivity contribution >= 4 is 11.8 Å². The highest BCUT2D eigenvalue weighted by molar-refractivity contribution is 5.80. The minimum Gasteiger partial charge on any atom is -0.356 e. The van der Waals surface area contributed by atoms with Gasteiger partial charge >= 0.3 is 0 Å². The molecule has 1 aromatic carbocycles. The average molecular weight is 387 g/mol. The Morgan fingerprint density at radius 2 is 2.00 bits per heavy atom. The zero-order chi connectivity index (χ0) is 19.9. The summed E-state index contributed by atoms with van der Waals surface area (Å²) in [6.45, 7) is 4.34. The number of pyridine rings is 1. The number of hydrogen-bond acceptors (Lipinski definition) is 3. The molecule has 0 aliphatic carbocycles. The molecule has 7 heteroatoms. The summed E-state index contributed by atoms with van der Waals surface area (Å²) in [5, 5.41) is 6.61. The van der Waals surface area contributed by atoms with Crippen molar-refractivity contribution in [3.05, 3.63) is 59.3 Å². The van der Waals surface area contributed by atoms with Crippen LogP contribution < -0.4 is 15.5 Å². The van der Waals surface area contributed by atoms with Crippen molar-refractivity contribution in [2.75, 3.05) is 31.6 Å². The third-order valence-electron chi connectivity index (χ3n) is 4.95. The number of halogens is 2. The zero-order valence-electron chi connectivity index (χ0n) is 16.4. The summed E-state index contributed by atoms with van der Waals surface area (Å²) in [6.07, 6.45) is 2.35. The third-order valence-corrected chi connectivity index (χ3v) is 4.95. The van der Waals surface area contributed by atoms with Crippen molar-refractivity contribution in [1.29, 1.82) is 0 Å². The molecular weight excluding hydrogens is 360 g/mol. The second kappa shape index (κ2) is 9.48. The number of aromatic nitrogens is 1. The first-order chi connectivity index (χ1) is 13.5. The van der Waals surface area contributed by atoms with Gasteiger partial charge in [-0.05, 0) is 62.1 Å². The molecule has 0 spiro atoms. The second-order valence-corrected chi connectivity index (χ2v) is 7.03. The summed E-state index contributed by atoms with van der Waals surface area (Å²) in [5.74, 6) is 0.902. The maximum absolute atomic E-state index is 13.7. The summed E-state index contributed by atoms with van der Waals surface area (Å²) in [7, 11) is 1.71. The van der Waals surface area contributed by atoms with Gasteiger partial charge in [0, 0.05) is 38.4 Å². The Balaban J connectivity index is 1.45. The van der Waals surface area contributed by atoms with Gasteiger partial charge in [0.25, 0.3) is 0 Å². The van der Waals surface area contributed by atoms with Crippen LogP contribution in [0.5, 0.6) is 0 Å². The smallest absolute Gasteiger partial charge is 0.191 e. The van der Waals surface area contributed by atoms with Crippen molar-refractivity contribution in [1.82, 2.24) is 15.6 Å². The topological polar surface area (TPSA) is 52.6 Å². The molecule has 0 saturated carbocycles. The molecule has 5 nitrogen and oxygen atoms in total. The van der Waals surface area contributed by atoms with Crippen molar-refractivity contribution < 1.29 is 8.78 Å². The van der Waals surface area contributed by atoms with E-state index in [-0.39, 0.29) is 5.82 Å². The van der Waals surface area contributed by atoms with E-state index in [1.165, 1.54) is 6.07 Å². The van der Waals surface area contributed by atoms with Gasteiger partial charge in [0.15, 0.2) is 5.96 Å². The van der Waals surface area contributed by atoms with Gasteiger partial charge in [-0.25, -0.2) is 13.8 Å². The third kappa shape index (κ3) is 5.41. The molecule has 0 atom stereocenters. The van der Waals surface area contributed by atoms with E-state index in [4.69, 9.17) is 0 Å². The summed E-state index contributed by atoms with van der Waals surface area (Å²) in [6, 6.07) is 9.94. The van der Waals surface area contributed by atoms with Crippen LogP contribution in [0.3, 0.4) is 0 Å². The van der Waals surface area contributed by atoms with E-state index in [0.717, 1.165) is 49.6 Å². The van der Waals surface area contributed by atoms with Crippen LogP contribution in [0.15, 0.2) is 41.4 Å². The minimum atomic E-state index is -0.422. The fraction of sp³-hybridized carbons (Fsp3) is 0.429. The molecule has 0 radical (unpaired) electrons. The Kier molecular flexibility index (Phi) is 6.79. The maximum Gasteiger partial charge on any atom is 0.191 e. The minimum absolute atomic E-state index is 0.318. The number of benzene rings is 1. The van der Waals surface area contributed by atoms with Gasteiger partial charge in [0.1, 0.15) is 17.5 Å². The fourth-order valence-corrected chi connectivity index (χ4v) is 3.40. The highest BCUT2D eigenvalue weighted by Crippen LogP contribution is 2.18. The van der Waals surface area contributed by atoms with Crippen LogP contribution in [0.1, 0.15) is 24.1 Å². The number of hydrogen-bond donors (Lipinski definition) is 2. The van der Waals surface area contributed by atoms with Crippen LogP contribution in [0, 0.1) is 18.6 Å². The first-order valence-corrected chi connectivity index (χ1v) is 9.65. The fourth-order valence-electron chi connectivity index (χ4n) is 3.40. The standard InChI is InChI=1S/C21H27F2N5/c1-15-4-3-5-20(26-15)28-12-9-18(10-13-28)27-21(24-2)25-11-8-16-14-17(22)6-7-19(16)23/h3-7,14,18H,8-13H2,1-2H3,(H2,24,25,27). The number of aliphatic imine (C=N–C) groups is 1. The lowest BCUT2D eigenvalue weighted by molar-refractivity contribution is 0.459. The first kappa shape index (κ1) is 20.0. The van der Waals surface area contributed by atoms with E-state index in [9.17, 15) is 8.78 Å². The summed E-state index contributed by atoms with van der Waals surface area (Å²) < 4.78 is 27.0. The molecule has 150 valence electrons. The van der Waals surface area contributed by atoms with Crippen molar-refractivity contribution in [2.45, 2.75) is 32.2 Å². The Labute approximate surface area is 164 Å². The van der Waals surface area contributed by atoms with Crippen LogP contribution in [0.2, 0.25) is 0 Å². The average Bonchev–Trinajstić information content (AvgIpc) is 2.70. The molecular formula is C21H27F2N5. The quantitative estimate of drug-likeness (QED) is 0.612. The van der Waals surface area contributed by atoms with Crippen LogP contribution in [0.4, 0.5) is 14.6 Å². The molecule has 0 unspecified atom stereocenters. The lowest BCUT2D eigenvalue weighted by atomic mass is 10.1. The molecule has 3 rings (SSSR count). The van der Waals surface area contributed by atoms with Gasteiger partial charge in [-0.15, -0.1) is 0 Å². The Hall–Kier alpha value is -2.70. The molecule has 1 aliphatic rings. The van der Waals surface area contributed by atoms with Crippen LogP contribution in [0.25, 0.3) is 0 Å². The molecule has 2 N–H and O–H groups in total. The number of nitrogens with zero attached hydrogens (tertiary/aromatic N) is 3. The maximum atomic E-state index is 13.7. The first-order valence-electron chi connectivity index (χ1n) is 9.65. The Bertz CT molecular complexity index is 816. The normalized spacial score (nSPS) is 15.6. The van der Waals surface area contributed by atoms with Gasteiger partial charge in [0.2, 0.25) is 0 Å². The van der Waals surface area contributed by atoms with E-state index in [1.807, 2.05) is 25.1 Å². The highest BCUT2D eigenvalue weighted by atomic mass is 19.1. The Morgan fingerprint density at radius 3 is 2.71 bits per heavy atom. The summed E-state index contributed by atoms with van der Waals surface area (Å²) >= 11 is 0. The number of rotatable bonds is 5. The highest BCUT2D eigenvalue weighted by Gasteiger charge is 2.21. The van der Waals surface area contributed by atoms with Gasteiger partial charge in [-0.2, -0.15) is 0 Å². The number of nitrogens with one attached hydrogen (secondary N) is 2. The van der Waals surface area contributed by atoms with Crippen molar-refractivity contribution in [3.8, 4) is 0 Å². The molecule has 0 bridgehead atoms. The number of aryl methyl sites for hydroxylation is 1. The van der Waals surface area contributed by atoms with E-state index < -0.39 is 5.82 Å². The summed E-state index contributed by atoms with van der Waals surface area (Å²) in [4.78, 5) is 11.1. The van der Waals surface area contributed by atoms with E-state index in [1.54, 1.807) is 7.05 Å². The van der Waals surface area contributed by atoms with Crippen molar-refractivity contribution in [2.24, 2.45) is 4.99 Å². The molecule has 1 aromatic heterocycles. The lowest BCUT2D eigenvalue weighted by Crippen LogP contribution is -2.49. The van der Waals surface area contributed by atoms with Gasteiger partial charge in [0.05, 0.1) is 0 Å². The molecule has 2 aromatic rings. The predicted molar refractivity (Wildman–Crippen MR) is 109 cm³/mol. The van der Waals surface area contributed by atoms with Crippen LogP contribution >= 0.6 is 0 Å². The van der Waals surface area contributed by atoms with Gasteiger partial charge < -0.3 is 15.5 Å². The molecule has 0 amide bonds. The largest absolute Gasteiger partial charge is 0.356 e. The van der Waals surface area contributed by atoms with E-state index in [0.29, 0.717) is 30.5 Å². The van der Waals surface area contributed by atoms with Crippen LogP contribution in [-0.4, -0.2) is 43.7 Å². The Morgan fingerprint density at radius 1 is 1.21 bits per heavy atom. The monoisotopic (exact) mass is 387 g/mol. The zero-order valence-corrected chi connectivity index (χ0v) is 16.4. The van der Waals surface area contributed by atoms with Gasteiger partial charge in [-0.3, -0.25) is 4.99 Å². The lowest BCUT2D eigenvalue weighted by Gasteiger charge is -2.34. The second-order valence-electron chi connectivity index (χ2n) is 7.03. The molecule has 2 heterocycles. The molecule has 1 aliphatic heterocycles. The molecule has 28 heavy (non-hydrogen) atoms. The SMILES string of the molecule is CN=C(NCCc1cc(F)ccc1F)NC1CCN(c2cccc(C)n2)CC1. The van der Waals surface area contributed by atoms with E-state index >= 15 is 0 Å².